The number of amides is 1. The fourth-order valence-electron chi connectivity index (χ4n) is 2.68. The van der Waals surface area contributed by atoms with E-state index in [2.05, 4.69) is 36.1 Å². The van der Waals surface area contributed by atoms with Crippen molar-refractivity contribution in [2.75, 3.05) is 25.4 Å². The van der Waals surface area contributed by atoms with E-state index in [1.807, 2.05) is 4.90 Å². The van der Waals surface area contributed by atoms with Crippen LogP contribution in [-0.2, 0) is 4.79 Å². The Morgan fingerprint density at radius 1 is 1.48 bits per heavy atom. The predicted molar refractivity (Wildman–Crippen MR) is 98.9 cm³/mol. The molecule has 8 heteroatoms. The molecule has 0 bridgehead atoms. The molecule has 0 saturated carbocycles. The molecule has 3 rings (SSSR count). The third-order valence-corrected chi connectivity index (χ3v) is 6.17. The van der Waals surface area contributed by atoms with Gasteiger partial charge in [-0.1, -0.05) is 11.8 Å². The summed E-state index contributed by atoms with van der Waals surface area (Å²) in [4.78, 5) is 25.4. The zero-order valence-electron chi connectivity index (χ0n) is 13.5. The van der Waals surface area contributed by atoms with Crippen LogP contribution in [-0.4, -0.2) is 52.2 Å². The summed E-state index contributed by atoms with van der Waals surface area (Å²) in [5.41, 5.74) is 1.23. The first-order valence-electron chi connectivity index (χ1n) is 7.41. The highest BCUT2D eigenvalue weighted by atomic mass is 35.5. The van der Waals surface area contributed by atoms with Crippen LogP contribution in [0.4, 0.5) is 0 Å². The first-order valence-corrected chi connectivity index (χ1v) is 9.22. The van der Waals surface area contributed by atoms with E-state index in [9.17, 15) is 4.79 Å². The highest BCUT2D eigenvalue weighted by molar-refractivity contribution is 8.00. The SMILES string of the molecule is Cc1sc2ncnc(SCC(=O)N3CCNC[C@H]3C)c2c1C.Cl. The van der Waals surface area contributed by atoms with Crippen LogP contribution < -0.4 is 5.32 Å². The Kier molecular flexibility index (Phi) is 6.25. The van der Waals surface area contributed by atoms with Gasteiger partial charge in [0, 0.05) is 35.9 Å². The molecule has 2 aromatic heterocycles. The maximum atomic E-state index is 12.4. The molecule has 1 amide bonds. The molecule has 126 valence electrons. The number of nitrogens with one attached hydrogen (secondary N) is 1. The highest BCUT2D eigenvalue weighted by Gasteiger charge is 2.23. The minimum atomic E-state index is 0. The lowest BCUT2D eigenvalue weighted by Crippen LogP contribution is -2.52. The van der Waals surface area contributed by atoms with Gasteiger partial charge >= 0.3 is 0 Å². The van der Waals surface area contributed by atoms with Crippen LogP contribution in [0.2, 0.25) is 0 Å². The Bertz CT molecular complexity index is 706. The molecule has 0 radical (unpaired) electrons. The first-order chi connectivity index (χ1) is 10.6. The van der Waals surface area contributed by atoms with Crippen molar-refractivity contribution < 1.29 is 4.79 Å². The summed E-state index contributed by atoms with van der Waals surface area (Å²) in [6.45, 7) is 8.82. The normalized spacial score (nSPS) is 18.0. The van der Waals surface area contributed by atoms with Gasteiger partial charge in [0.1, 0.15) is 16.2 Å². The number of aromatic nitrogens is 2. The maximum Gasteiger partial charge on any atom is 0.233 e. The molecule has 1 aliphatic heterocycles. The van der Waals surface area contributed by atoms with Crippen LogP contribution in [0.15, 0.2) is 11.4 Å². The Hall–Kier alpha value is -0.890. The minimum Gasteiger partial charge on any atom is -0.337 e. The van der Waals surface area contributed by atoms with Gasteiger partial charge in [0.2, 0.25) is 5.91 Å². The van der Waals surface area contributed by atoms with E-state index in [1.54, 1.807) is 17.7 Å². The Balaban J connectivity index is 0.00000192. The van der Waals surface area contributed by atoms with Crippen LogP contribution in [0.25, 0.3) is 10.2 Å². The number of piperazine rings is 1. The molecule has 5 nitrogen and oxygen atoms in total. The molecule has 3 heterocycles. The van der Waals surface area contributed by atoms with E-state index >= 15 is 0 Å². The lowest BCUT2D eigenvalue weighted by atomic mass is 10.2. The second-order valence-electron chi connectivity index (χ2n) is 5.57. The molecule has 0 unspecified atom stereocenters. The largest absolute Gasteiger partial charge is 0.337 e. The Morgan fingerprint density at radius 2 is 2.26 bits per heavy atom. The van der Waals surface area contributed by atoms with Crippen LogP contribution in [0.3, 0.4) is 0 Å². The van der Waals surface area contributed by atoms with Gasteiger partial charge < -0.3 is 10.2 Å². The fourth-order valence-corrected chi connectivity index (χ4v) is 4.69. The minimum absolute atomic E-state index is 0. The molecular weight excluding hydrogens is 352 g/mol. The van der Waals surface area contributed by atoms with Gasteiger partial charge in [0.25, 0.3) is 0 Å². The van der Waals surface area contributed by atoms with E-state index in [1.165, 1.54) is 22.2 Å². The summed E-state index contributed by atoms with van der Waals surface area (Å²) in [6.07, 6.45) is 1.60. The lowest BCUT2D eigenvalue weighted by Gasteiger charge is -2.33. The number of aryl methyl sites for hydroxylation is 2. The van der Waals surface area contributed by atoms with Gasteiger partial charge in [-0.2, -0.15) is 0 Å². The van der Waals surface area contributed by atoms with Gasteiger partial charge in [-0.05, 0) is 26.3 Å². The smallest absolute Gasteiger partial charge is 0.233 e. The number of thioether (sulfide) groups is 1. The number of rotatable bonds is 3. The van der Waals surface area contributed by atoms with Gasteiger partial charge in [-0.25, -0.2) is 9.97 Å². The fraction of sp³-hybridized carbons (Fsp3) is 0.533. The van der Waals surface area contributed by atoms with Crippen molar-refractivity contribution in [3.63, 3.8) is 0 Å². The van der Waals surface area contributed by atoms with Crippen molar-refractivity contribution in [2.45, 2.75) is 31.8 Å². The summed E-state index contributed by atoms with van der Waals surface area (Å²) < 4.78 is 0. The van der Waals surface area contributed by atoms with E-state index in [0.29, 0.717) is 5.75 Å². The van der Waals surface area contributed by atoms with Crippen LogP contribution in [0.1, 0.15) is 17.4 Å². The zero-order chi connectivity index (χ0) is 15.7. The van der Waals surface area contributed by atoms with Crippen molar-refractivity contribution in [1.29, 1.82) is 0 Å². The molecule has 1 saturated heterocycles. The molecule has 2 aromatic rings. The molecular formula is C15H21ClN4OS2. The molecule has 1 atom stereocenters. The van der Waals surface area contributed by atoms with Gasteiger partial charge in [-0.3, -0.25) is 4.79 Å². The van der Waals surface area contributed by atoms with Crippen molar-refractivity contribution in [1.82, 2.24) is 20.2 Å². The Morgan fingerprint density at radius 3 is 3.00 bits per heavy atom. The number of hydrogen-bond donors (Lipinski definition) is 1. The van der Waals surface area contributed by atoms with Crippen LogP contribution in [0, 0.1) is 13.8 Å². The summed E-state index contributed by atoms with van der Waals surface area (Å²) in [7, 11) is 0. The van der Waals surface area contributed by atoms with Crippen molar-refractivity contribution in [3.8, 4) is 0 Å². The molecule has 1 N–H and O–H groups in total. The molecule has 1 aliphatic rings. The number of carbonyl (C=O) groups excluding carboxylic acids is 1. The number of thiophene rings is 1. The van der Waals surface area contributed by atoms with E-state index in [4.69, 9.17) is 0 Å². The summed E-state index contributed by atoms with van der Waals surface area (Å²) in [5, 5.41) is 5.33. The highest BCUT2D eigenvalue weighted by Crippen LogP contribution is 2.34. The third-order valence-electron chi connectivity index (χ3n) is 4.08. The Labute approximate surface area is 150 Å². The summed E-state index contributed by atoms with van der Waals surface area (Å²) >= 11 is 3.21. The zero-order valence-corrected chi connectivity index (χ0v) is 15.9. The van der Waals surface area contributed by atoms with Crippen LogP contribution >= 0.6 is 35.5 Å². The average Bonchev–Trinajstić information content (AvgIpc) is 2.81. The molecule has 0 spiro atoms. The monoisotopic (exact) mass is 372 g/mol. The number of nitrogens with zero attached hydrogens (tertiary/aromatic N) is 3. The predicted octanol–water partition coefficient (Wildman–Crippen LogP) is 2.64. The van der Waals surface area contributed by atoms with E-state index in [-0.39, 0.29) is 24.4 Å². The number of fused-ring (bicyclic) bond motifs is 1. The maximum absolute atomic E-state index is 12.4. The quantitative estimate of drug-likeness (QED) is 0.663. The van der Waals surface area contributed by atoms with Gasteiger partial charge in [-0.15, -0.1) is 23.7 Å². The molecule has 0 aromatic carbocycles. The van der Waals surface area contributed by atoms with Gasteiger partial charge in [0.05, 0.1) is 5.75 Å². The molecule has 0 aliphatic carbocycles. The van der Waals surface area contributed by atoms with E-state index in [0.717, 1.165) is 34.9 Å². The third kappa shape index (κ3) is 3.79. The standard InChI is InChI=1S/C15H20N4OS2.ClH/c1-9-6-16-4-5-19(9)12(20)7-21-14-13-10(2)11(3)22-15(13)18-8-17-14;/h8-9,16H,4-7H2,1-3H3;1H/t9-;/m1./s1. The summed E-state index contributed by atoms with van der Waals surface area (Å²) in [5.74, 6) is 0.625. The van der Waals surface area contributed by atoms with Crippen molar-refractivity contribution in [3.05, 3.63) is 16.8 Å². The molecule has 23 heavy (non-hydrogen) atoms. The number of hydrogen-bond acceptors (Lipinski definition) is 6. The average molecular weight is 373 g/mol. The topological polar surface area (TPSA) is 58.1 Å². The van der Waals surface area contributed by atoms with E-state index < -0.39 is 0 Å². The van der Waals surface area contributed by atoms with Crippen molar-refractivity contribution in [2.24, 2.45) is 0 Å². The van der Waals surface area contributed by atoms with Crippen LogP contribution in [0.5, 0.6) is 0 Å². The van der Waals surface area contributed by atoms with Crippen molar-refractivity contribution >= 4 is 51.6 Å². The summed E-state index contributed by atoms with van der Waals surface area (Å²) in [6, 6.07) is 0.261. The first kappa shape index (κ1) is 18.4. The number of carbonyl (C=O) groups is 1. The number of halogens is 1. The van der Waals surface area contributed by atoms with Gasteiger partial charge in [0.15, 0.2) is 0 Å². The second kappa shape index (κ2) is 7.79. The second-order valence-corrected chi connectivity index (χ2v) is 7.74. The lowest BCUT2D eigenvalue weighted by molar-refractivity contribution is -0.131. The molecule has 1 fully saturated rings.